The summed E-state index contributed by atoms with van der Waals surface area (Å²) in [5.41, 5.74) is 0. The fourth-order valence-electron chi connectivity index (χ4n) is 1.87. The van der Waals surface area contributed by atoms with Crippen LogP contribution in [0.5, 0.6) is 0 Å². The number of rotatable bonds is 13. The molecule has 0 aliphatic rings. The molecule has 0 fully saturated rings. The highest BCUT2D eigenvalue weighted by Crippen LogP contribution is 2.13. The lowest BCUT2D eigenvalue weighted by molar-refractivity contribution is 0.555. The molecule has 0 bridgehead atoms. The summed E-state index contributed by atoms with van der Waals surface area (Å²) in [6.07, 6.45) is 15.5. The molecule has 3 heteroatoms. The molecule has 0 aromatic carbocycles. The minimum absolute atomic E-state index is 1.06. The average molecular weight is 281 g/mol. The molecule has 0 saturated heterocycles. The highest BCUT2D eigenvalue weighted by molar-refractivity contribution is 8.68. The third-order valence-electron chi connectivity index (χ3n) is 2.89. The molecule has 0 aromatic heterocycles. The second-order valence-electron chi connectivity index (χ2n) is 4.45. The van der Waals surface area contributed by atoms with E-state index in [0.29, 0.717) is 0 Å². The van der Waals surface area contributed by atoms with E-state index in [9.17, 15) is 0 Å². The molecule has 0 rings (SSSR count). The van der Waals surface area contributed by atoms with Crippen LogP contribution >= 0.6 is 35.1 Å². The number of unbranched alkanes of at least 4 members (excludes halogenated alkanes) is 10. The summed E-state index contributed by atoms with van der Waals surface area (Å²) < 4.78 is 0. The van der Waals surface area contributed by atoms with Crippen molar-refractivity contribution in [3.05, 3.63) is 0 Å². The van der Waals surface area contributed by atoms with Gasteiger partial charge in [0.1, 0.15) is 0 Å². The van der Waals surface area contributed by atoms with Gasteiger partial charge >= 0.3 is 0 Å². The molecule has 16 heavy (non-hydrogen) atoms. The van der Waals surface area contributed by atoms with Crippen molar-refractivity contribution in [2.75, 3.05) is 11.5 Å². The first-order valence-electron chi connectivity index (χ1n) is 6.79. The van der Waals surface area contributed by atoms with Gasteiger partial charge in [-0.1, -0.05) is 68.6 Å². The van der Waals surface area contributed by atoms with Gasteiger partial charge in [-0.2, -0.15) is 12.6 Å². The van der Waals surface area contributed by atoms with Crippen molar-refractivity contribution >= 4 is 35.1 Å². The summed E-state index contributed by atoms with van der Waals surface area (Å²) in [5.74, 6) is 2.28. The zero-order valence-corrected chi connectivity index (χ0v) is 13.1. The van der Waals surface area contributed by atoms with E-state index >= 15 is 0 Å². The first kappa shape index (κ1) is 17.1. The summed E-state index contributed by atoms with van der Waals surface area (Å²) in [4.78, 5) is 0. The molecule has 0 nitrogen and oxygen atoms in total. The lowest BCUT2D eigenvalue weighted by Crippen LogP contribution is -1.83. The van der Waals surface area contributed by atoms with Gasteiger partial charge in [-0.25, -0.2) is 0 Å². The van der Waals surface area contributed by atoms with Gasteiger partial charge in [0.2, 0.25) is 0 Å². The summed E-state index contributed by atoms with van der Waals surface area (Å²) in [6.45, 7) is 0. The minimum atomic E-state index is 1.06. The van der Waals surface area contributed by atoms with Crippen molar-refractivity contribution < 1.29 is 0 Å². The number of hydrogen-bond donors (Lipinski definition) is 2. The van der Waals surface area contributed by atoms with Crippen LogP contribution < -0.4 is 0 Å². The SMILES string of the molecule is SCCCCCCCCCCCCCSS. The van der Waals surface area contributed by atoms with E-state index in [1.54, 1.807) is 10.8 Å². The molecule has 0 N–H and O–H groups in total. The van der Waals surface area contributed by atoms with Crippen molar-refractivity contribution in [3.8, 4) is 0 Å². The summed E-state index contributed by atoms with van der Waals surface area (Å²) in [7, 11) is 1.67. The third-order valence-corrected chi connectivity index (χ3v) is 4.23. The molecule has 0 heterocycles. The lowest BCUT2D eigenvalue weighted by atomic mass is 10.1. The van der Waals surface area contributed by atoms with Gasteiger partial charge in [0, 0.05) is 5.75 Å². The Hall–Kier alpha value is 1.05. The van der Waals surface area contributed by atoms with E-state index < -0.39 is 0 Å². The monoisotopic (exact) mass is 280 g/mol. The van der Waals surface area contributed by atoms with Gasteiger partial charge in [0.15, 0.2) is 0 Å². The van der Waals surface area contributed by atoms with E-state index in [1.165, 1.54) is 76.4 Å². The molecule has 0 spiro atoms. The van der Waals surface area contributed by atoms with E-state index in [4.69, 9.17) is 0 Å². The van der Waals surface area contributed by atoms with Crippen LogP contribution in [0.25, 0.3) is 0 Å². The Labute approximate surface area is 117 Å². The zero-order valence-electron chi connectivity index (χ0n) is 10.5. The van der Waals surface area contributed by atoms with Gasteiger partial charge in [-0.3, -0.25) is 0 Å². The Morgan fingerprint density at radius 3 is 1.31 bits per heavy atom. The topological polar surface area (TPSA) is 0 Å². The molecule has 0 amide bonds. The third kappa shape index (κ3) is 15.0. The maximum atomic E-state index is 4.22. The molecule has 0 aliphatic carbocycles. The van der Waals surface area contributed by atoms with Gasteiger partial charge in [-0.15, -0.1) is 11.7 Å². The van der Waals surface area contributed by atoms with Crippen LogP contribution in [-0.2, 0) is 0 Å². The highest BCUT2D eigenvalue weighted by Gasteiger charge is 1.93. The van der Waals surface area contributed by atoms with Gasteiger partial charge in [0.05, 0.1) is 0 Å². The first-order chi connectivity index (χ1) is 7.91. The molecule has 0 unspecified atom stereocenters. The largest absolute Gasteiger partial charge is 0.179 e. The molecular formula is C13H28S3. The minimum Gasteiger partial charge on any atom is -0.179 e. The standard InChI is InChI=1S/C13H28S3/c14-12-10-8-6-4-2-1-3-5-7-9-11-13-16-15/h14-15H,1-13H2. The molecule has 0 saturated carbocycles. The van der Waals surface area contributed by atoms with Crippen LogP contribution in [0, 0.1) is 0 Å². The van der Waals surface area contributed by atoms with E-state index in [1.807, 2.05) is 0 Å². The van der Waals surface area contributed by atoms with Crippen LogP contribution in [0.15, 0.2) is 0 Å². The van der Waals surface area contributed by atoms with Crippen molar-refractivity contribution in [1.82, 2.24) is 0 Å². The second-order valence-corrected chi connectivity index (χ2v) is 6.33. The van der Waals surface area contributed by atoms with Crippen molar-refractivity contribution in [2.45, 2.75) is 70.6 Å². The van der Waals surface area contributed by atoms with Gasteiger partial charge in [0.25, 0.3) is 0 Å². The van der Waals surface area contributed by atoms with Crippen molar-refractivity contribution in [2.24, 2.45) is 0 Å². The van der Waals surface area contributed by atoms with Crippen LogP contribution in [-0.4, -0.2) is 11.5 Å². The quantitative estimate of drug-likeness (QED) is 0.245. The van der Waals surface area contributed by atoms with E-state index in [0.717, 1.165) is 5.75 Å². The first-order valence-corrected chi connectivity index (χ1v) is 9.46. The van der Waals surface area contributed by atoms with E-state index in [2.05, 4.69) is 24.3 Å². The van der Waals surface area contributed by atoms with Crippen molar-refractivity contribution in [3.63, 3.8) is 0 Å². The maximum absolute atomic E-state index is 4.22. The van der Waals surface area contributed by atoms with Crippen LogP contribution in [0.1, 0.15) is 70.6 Å². The predicted octanol–water partition coefficient (Wildman–Crippen LogP) is 5.79. The molecule has 98 valence electrons. The predicted molar refractivity (Wildman–Crippen MR) is 86.1 cm³/mol. The Kier molecular flexibility index (Phi) is 17.1. The van der Waals surface area contributed by atoms with Crippen molar-refractivity contribution in [1.29, 1.82) is 0 Å². The Morgan fingerprint density at radius 2 is 0.938 bits per heavy atom. The Balaban J connectivity index is 2.83. The maximum Gasteiger partial charge on any atom is 0.00345 e. The van der Waals surface area contributed by atoms with Gasteiger partial charge in [-0.05, 0) is 18.6 Å². The second kappa shape index (κ2) is 16.1. The fraction of sp³-hybridized carbons (Fsp3) is 1.00. The summed E-state index contributed by atoms with van der Waals surface area (Å²) in [5, 5.41) is 0. The molecule has 0 atom stereocenters. The summed E-state index contributed by atoms with van der Waals surface area (Å²) >= 11 is 8.36. The smallest absolute Gasteiger partial charge is 0.00345 e. The van der Waals surface area contributed by atoms with Crippen LogP contribution in [0.4, 0.5) is 0 Å². The average Bonchev–Trinajstić information content (AvgIpc) is 2.31. The van der Waals surface area contributed by atoms with Crippen LogP contribution in [0.2, 0.25) is 0 Å². The number of thiol groups is 2. The normalized spacial score (nSPS) is 10.9. The Bertz CT molecular complexity index is 104. The molecule has 0 radical (unpaired) electrons. The number of hydrogen-bond acceptors (Lipinski definition) is 3. The zero-order chi connectivity index (χ0) is 11.9. The molecule has 0 aliphatic heterocycles. The van der Waals surface area contributed by atoms with Crippen LogP contribution in [0.3, 0.4) is 0 Å². The fourth-order valence-corrected chi connectivity index (χ4v) is 2.81. The Morgan fingerprint density at radius 1 is 0.562 bits per heavy atom. The summed E-state index contributed by atoms with van der Waals surface area (Å²) in [6, 6.07) is 0. The highest BCUT2D eigenvalue weighted by atomic mass is 33.1. The van der Waals surface area contributed by atoms with Gasteiger partial charge < -0.3 is 0 Å². The van der Waals surface area contributed by atoms with E-state index in [-0.39, 0.29) is 0 Å². The molecular weight excluding hydrogens is 252 g/mol. The molecule has 0 aromatic rings. The lowest BCUT2D eigenvalue weighted by Gasteiger charge is -2.02.